The zero-order chi connectivity index (χ0) is 36.0. The van der Waals surface area contributed by atoms with E-state index in [1.165, 1.54) is 12.2 Å². The highest BCUT2D eigenvalue weighted by Gasteiger charge is 2.80. The van der Waals surface area contributed by atoms with Crippen molar-refractivity contribution in [3.8, 4) is 11.3 Å². The second-order valence-corrected chi connectivity index (χ2v) is 14.9. The van der Waals surface area contributed by atoms with E-state index in [0.717, 1.165) is 11.1 Å². The Bertz CT molecular complexity index is 1970. The summed E-state index contributed by atoms with van der Waals surface area (Å²) in [7, 11) is 0. The summed E-state index contributed by atoms with van der Waals surface area (Å²) in [6.45, 7) is 6.41. The molecule has 8 atom stereocenters. The van der Waals surface area contributed by atoms with Gasteiger partial charge in [0.1, 0.15) is 12.3 Å². The molecule has 0 amide bonds. The van der Waals surface area contributed by atoms with Gasteiger partial charge >= 0.3 is 0 Å². The average Bonchev–Trinajstić information content (AvgIpc) is 3.47. The number of nitrogens with zero attached hydrogens (tertiary/aromatic N) is 4. The topological polar surface area (TPSA) is 223 Å². The molecule has 3 aromatic rings. The van der Waals surface area contributed by atoms with Crippen molar-refractivity contribution in [1.29, 1.82) is 0 Å². The molecule has 5 aliphatic rings. The van der Waals surface area contributed by atoms with Crippen LogP contribution in [0.25, 0.3) is 22.4 Å². The lowest BCUT2D eigenvalue weighted by molar-refractivity contribution is -0.246. The summed E-state index contributed by atoms with van der Waals surface area (Å²) in [5.74, 6) is -1.95. The van der Waals surface area contributed by atoms with Gasteiger partial charge in [-0.1, -0.05) is 48.9 Å². The second-order valence-electron chi connectivity index (χ2n) is 14.9. The number of rotatable bonds is 3. The molecule has 264 valence electrons. The normalized spacial score (nSPS) is 36.4. The molecule has 0 bridgehead atoms. The quantitative estimate of drug-likeness (QED) is 0.267. The number of carbonyl (C=O) groups is 2. The standard InChI is InChI=1S/C24H31FO6.C12H11N7/c1-20(2)30-19-10-16-15-6-5-13-9-14(27)7-8-21(13,3)23(15,25)17(28)11-22(16,4)24(19,31-20)18(29)12-26;13-9-7(6-4-2-1-3-5-6)16-8-10(14)18-12(15)19-11(8)17-9/h7-9,15-17,19,26,28H,5-6,10-12H2,1-4H3;1-5H,(H6,13,14,15,17,18,19)/t15-,16-,17-,19+,21-,22-,23-,24+;/m0./s1. The number of alkyl halides is 1. The van der Waals surface area contributed by atoms with Crippen LogP contribution in [0.5, 0.6) is 0 Å². The van der Waals surface area contributed by atoms with Gasteiger partial charge in [0.05, 0.1) is 12.2 Å². The zero-order valence-corrected chi connectivity index (χ0v) is 28.4. The molecule has 13 nitrogen and oxygen atoms in total. The van der Waals surface area contributed by atoms with Crippen LogP contribution in [-0.2, 0) is 19.1 Å². The molecule has 1 saturated heterocycles. The smallest absolute Gasteiger partial charge is 0.224 e. The fourth-order valence-corrected chi connectivity index (χ4v) is 9.73. The maximum Gasteiger partial charge on any atom is 0.224 e. The molecule has 0 unspecified atom stereocenters. The van der Waals surface area contributed by atoms with Crippen LogP contribution in [0.15, 0.2) is 54.1 Å². The molecule has 0 radical (unpaired) electrons. The van der Waals surface area contributed by atoms with E-state index >= 15 is 4.39 Å². The number of halogens is 1. The summed E-state index contributed by atoms with van der Waals surface area (Å²) in [6, 6.07) is 9.47. The minimum Gasteiger partial charge on any atom is -0.390 e. The highest BCUT2D eigenvalue weighted by Crippen LogP contribution is 2.72. The first kappa shape index (κ1) is 34.1. The van der Waals surface area contributed by atoms with Crippen molar-refractivity contribution >= 4 is 40.3 Å². The summed E-state index contributed by atoms with van der Waals surface area (Å²) in [5.41, 5.74) is 14.6. The van der Waals surface area contributed by atoms with E-state index in [0.29, 0.717) is 36.1 Å². The Kier molecular flexibility index (Phi) is 7.72. The van der Waals surface area contributed by atoms with Crippen molar-refractivity contribution in [2.75, 3.05) is 23.8 Å². The van der Waals surface area contributed by atoms with Crippen LogP contribution in [-0.4, -0.2) is 77.6 Å². The van der Waals surface area contributed by atoms with E-state index in [2.05, 4.69) is 19.9 Å². The van der Waals surface area contributed by atoms with Gasteiger partial charge in [0.2, 0.25) is 5.95 Å². The minimum absolute atomic E-state index is 0.0109. The molecule has 8 N–H and O–H groups in total. The molecule has 8 rings (SSSR count). The first-order valence-electron chi connectivity index (χ1n) is 16.8. The largest absolute Gasteiger partial charge is 0.390 e. The van der Waals surface area contributed by atoms with E-state index in [1.807, 2.05) is 37.3 Å². The summed E-state index contributed by atoms with van der Waals surface area (Å²) in [6.07, 6.45) is 4.00. The third-order valence-electron chi connectivity index (χ3n) is 11.8. The van der Waals surface area contributed by atoms with Gasteiger partial charge in [-0.05, 0) is 64.5 Å². The van der Waals surface area contributed by atoms with Crippen LogP contribution in [0.4, 0.5) is 22.0 Å². The minimum atomic E-state index is -1.98. The van der Waals surface area contributed by atoms with Gasteiger partial charge in [0, 0.05) is 22.3 Å². The fraction of sp³-hybridized carbons (Fsp3) is 0.500. The number of nitrogen functional groups attached to an aromatic ring is 3. The predicted octanol–water partition coefficient (Wildman–Crippen LogP) is 3.25. The van der Waals surface area contributed by atoms with E-state index in [4.69, 9.17) is 26.7 Å². The molecule has 14 heteroatoms. The maximum absolute atomic E-state index is 17.1. The molecule has 4 fully saturated rings. The van der Waals surface area contributed by atoms with Crippen LogP contribution >= 0.6 is 0 Å². The number of aliphatic hydroxyl groups excluding tert-OH is 2. The Balaban J connectivity index is 0.000000176. The number of benzene rings is 1. The molecule has 1 aromatic carbocycles. The van der Waals surface area contributed by atoms with E-state index in [-0.39, 0.29) is 35.7 Å². The molecule has 2 aromatic heterocycles. The highest BCUT2D eigenvalue weighted by molar-refractivity contribution is 6.01. The zero-order valence-electron chi connectivity index (χ0n) is 28.4. The number of ether oxygens (including phenoxy) is 2. The Labute approximate surface area is 288 Å². The summed E-state index contributed by atoms with van der Waals surface area (Å²) in [5, 5.41) is 21.2. The van der Waals surface area contributed by atoms with Crippen LogP contribution in [0.3, 0.4) is 0 Å². The SMILES string of the molecule is CC1(C)O[C@@H]2C[C@H]3[C@@H]4CCC5=CC(=O)C=C[C@]5(C)[C@@]4(F)[C@@H](O)C[C@]3(C)[C@]2(C(=O)CO)O1.Nc1nc(N)c2nc(-c3ccccc3)c(N)nc2n1. The van der Waals surface area contributed by atoms with Crippen LogP contribution in [0.2, 0.25) is 0 Å². The number of anilines is 3. The van der Waals surface area contributed by atoms with E-state index in [9.17, 15) is 19.8 Å². The first-order chi connectivity index (χ1) is 23.5. The van der Waals surface area contributed by atoms with E-state index in [1.54, 1.807) is 26.8 Å². The molecule has 0 spiro atoms. The Morgan fingerprint density at radius 3 is 2.44 bits per heavy atom. The number of fused-ring (bicyclic) bond motifs is 8. The molecule has 3 saturated carbocycles. The Morgan fingerprint density at radius 1 is 1.02 bits per heavy atom. The number of hydrogen-bond acceptors (Lipinski definition) is 13. The number of ketones is 2. The van der Waals surface area contributed by atoms with Gasteiger partial charge in [-0.25, -0.2) is 14.4 Å². The van der Waals surface area contributed by atoms with Crippen molar-refractivity contribution in [2.45, 2.75) is 82.6 Å². The second kappa shape index (κ2) is 11.3. The number of allylic oxidation sites excluding steroid dienone is 4. The number of hydrogen-bond donors (Lipinski definition) is 5. The number of nitrogens with two attached hydrogens (primary N) is 3. The summed E-state index contributed by atoms with van der Waals surface area (Å²) in [4.78, 5) is 41.5. The van der Waals surface area contributed by atoms with Crippen LogP contribution in [0.1, 0.15) is 53.4 Å². The third kappa shape index (κ3) is 4.65. The van der Waals surface area contributed by atoms with Crippen molar-refractivity contribution in [1.82, 2.24) is 19.9 Å². The number of aromatic nitrogens is 4. The molecular formula is C36H42FN7O6. The molecular weight excluding hydrogens is 645 g/mol. The summed E-state index contributed by atoms with van der Waals surface area (Å²) >= 11 is 0. The van der Waals surface area contributed by atoms with Gasteiger partial charge < -0.3 is 36.9 Å². The Hall–Kier alpha value is -4.37. The lowest BCUT2D eigenvalue weighted by Crippen LogP contribution is -2.70. The van der Waals surface area contributed by atoms with Crippen molar-refractivity contribution in [2.24, 2.45) is 22.7 Å². The molecule has 50 heavy (non-hydrogen) atoms. The van der Waals surface area contributed by atoms with Crippen molar-refractivity contribution in [3.63, 3.8) is 0 Å². The average molecular weight is 688 g/mol. The molecule has 4 aliphatic carbocycles. The Morgan fingerprint density at radius 2 is 1.74 bits per heavy atom. The number of carbonyl (C=O) groups excluding carboxylic acids is 2. The van der Waals surface area contributed by atoms with Gasteiger partial charge in [-0.3, -0.25) is 9.59 Å². The van der Waals surface area contributed by atoms with E-state index < -0.39 is 58.4 Å². The number of Topliss-reactive ketones (excluding diaryl/α,β-unsaturated/α-hetero) is 1. The number of aliphatic hydroxyl groups is 2. The maximum atomic E-state index is 17.1. The molecule has 3 heterocycles. The lowest BCUT2D eigenvalue weighted by Gasteiger charge is -2.62. The van der Waals surface area contributed by atoms with Crippen LogP contribution < -0.4 is 17.2 Å². The third-order valence-corrected chi connectivity index (χ3v) is 11.8. The first-order valence-corrected chi connectivity index (χ1v) is 16.8. The van der Waals surface area contributed by atoms with Gasteiger partial charge in [0.25, 0.3) is 0 Å². The van der Waals surface area contributed by atoms with Gasteiger partial charge in [-0.2, -0.15) is 9.97 Å². The predicted molar refractivity (Wildman–Crippen MR) is 182 cm³/mol. The van der Waals surface area contributed by atoms with Crippen molar-refractivity contribution in [3.05, 3.63) is 54.1 Å². The van der Waals surface area contributed by atoms with Crippen LogP contribution in [0, 0.1) is 22.7 Å². The highest BCUT2D eigenvalue weighted by atomic mass is 19.1. The van der Waals surface area contributed by atoms with Gasteiger partial charge in [-0.15, -0.1) is 0 Å². The molecule has 1 aliphatic heterocycles. The van der Waals surface area contributed by atoms with Gasteiger partial charge in [0.15, 0.2) is 51.4 Å². The lowest BCUT2D eigenvalue weighted by atomic mass is 9.44. The fourth-order valence-electron chi connectivity index (χ4n) is 9.73. The summed E-state index contributed by atoms with van der Waals surface area (Å²) < 4.78 is 29.5. The van der Waals surface area contributed by atoms with Crippen molar-refractivity contribution < 1.29 is 33.7 Å². The monoisotopic (exact) mass is 687 g/mol.